The Morgan fingerprint density at radius 3 is 2.29 bits per heavy atom. The second-order valence-electron chi connectivity index (χ2n) is 6.97. The lowest BCUT2D eigenvalue weighted by atomic mass is 10.1. The van der Waals surface area contributed by atoms with E-state index < -0.39 is 10.0 Å². The van der Waals surface area contributed by atoms with Crippen LogP contribution in [0.1, 0.15) is 0 Å². The Hall–Kier alpha value is -2.20. The molecule has 0 atom stereocenters. The summed E-state index contributed by atoms with van der Waals surface area (Å²) in [5.41, 5.74) is 1.69. The number of halogens is 2. The number of sulfonamides is 1. The molecule has 1 aliphatic rings. The number of aromatic nitrogens is 2. The minimum Gasteiger partial charge on any atom is -0.495 e. The fraction of sp³-hybridized carbons (Fsp3) is 0.238. The highest BCUT2D eigenvalue weighted by atomic mass is 79.9. The fourth-order valence-corrected chi connectivity index (χ4v) is 5.66. The van der Waals surface area contributed by atoms with E-state index in [1.165, 1.54) is 11.4 Å². The van der Waals surface area contributed by atoms with Gasteiger partial charge in [0.25, 0.3) is 0 Å². The fourth-order valence-electron chi connectivity index (χ4n) is 3.42. The van der Waals surface area contributed by atoms with Crippen molar-refractivity contribution in [2.45, 2.75) is 4.90 Å². The lowest BCUT2D eigenvalue weighted by Gasteiger charge is -2.34. The first-order valence-electron chi connectivity index (χ1n) is 9.57. The molecule has 31 heavy (non-hydrogen) atoms. The van der Waals surface area contributed by atoms with Crippen LogP contribution in [0, 0.1) is 0 Å². The van der Waals surface area contributed by atoms with Crippen molar-refractivity contribution >= 4 is 43.4 Å². The Kier molecular flexibility index (Phi) is 6.47. The summed E-state index contributed by atoms with van der Waals surface area (Å²) in [6, 6.07) is 16.2. The number of nitrogens with zero attached hydrogens (tertiary/aromatic N) is 4. The van der Waals surface area contributed by atoms with Crippen LogP contribution < -0.4 is 9.64 Å². The number of methoxy groups -OCH3 is 1. The van der Waals surface area contributed by atoms with Crippen LogP contribution in [0.3, 0.4) is 0 Å². The van der Waals surface area contributed by atoms with Gasteiger partial charge in [0.2, 0.25) is 10.0 Å². The number of benzene rings is 2. The lowest BCUT2D eigenvalue weighted by molar-refractivity contribution is 0.373. The van der Waals surface area contributed by atoms with E-state index in [1.807, 2.05) is 41.3 Å². The highest BCUT2D eigenvalue weighted by Gasteiger charge is 2.31. The van der Waals surface area contributed by atoms with Gasteiger partial charge in [-0.05, 0) is 42.5 Å². The summed E-state index contributed by atoms with van der Waals surface area (Å²) in [7, 11) is -2.21. The maximum atomic E-state index is 13.2. The predicted molar refractivity (Wildman–Crippen MR) is 124 cm³/mol. The van der Waals surface area contributed by atoms with Crippen molar-refractivity contribution in [2.24, 2.45) is 0 Å². The monoisotopic (exact) mass is 522 g/mol. The van der Waals surface area contributed by atoms with Gasteiger partial charge in [0, 0.05) is 41.2 Å². The minimum absolute atomic E-state index is 0.157. The van der Waals surface area contributed by atoms with Crippen LogP contribution in [0.15, 0.2) is 64.0 Å². The number of ether oxygens (including phenoxy) is 1. The van der Waals surface area contributed by atoms with Crippen LogP contribution in [0.2, 0.25) is 5.02 Å². The van der Waals surface area contributed by atoms with Crippen LogP contribution in [0.4, 0.5) is 5.82 Å². The number of hydrogen-bond donors (Lipinski definition) is 0. The molecule has 0 bridgehead atoms. The first kappa shape index (κ1) is 22.0. The lowest BCUT2D eigenvalue weighted by Crippen LogP contribution is -2.49. The molecular weight excluding hydrogens is 504 g/mol. The van der Waals surface area contributed by atoms with Crippen molar-refractivity contribution < 1.29 is 13.2 Å². The zero-order chi connectivity index (χ0) is 22.0. The van der Waals surface area contributed by atoms with Crippen molar-refractivity contribution in [1.29, 1.82) is 0 Å². The zero-order valence-corrected chi connectivity index (χ0v) is 19.9. The first-order valence-corrected chi connectivity index (χ1v) is 12.2. The van der Waals surface area contributed by atoms with E-state index in [1.54, 1.807) is 18.2 Å². The summed E-state index contributed by atoms with van der Waals surface area (Å²) in [5.74, 6) is 1.05. The number of piperazine rings is 1. The first-order chi connectivity index (χ1) is 14.9. The Bertz CT molecular complexity index is 1170. The van der Waals surface area contributed by atoms with Gasteiger partial charge in [0.1, 0.15) is 10.6 Å². The highest BCUT2D eigenvalue weighted by molar-refractivity contribution is 9.10. The predicted octanol–water partition coefficient (Wildman–Crippen LogP) is 4.08. The molecule has 4 rings (SSSR count). The van der Waals surface area contributed by atoms with Gasteiger partial charge in [-0.1, -0.05) is 39.7 Å². The average molecular weight is 524 g/mol. The molecule has 2 aromatic carbocycles. The molecule has 0 aliphatic carbocycles. The maximum absolute atomic E-state index is 13.2. The van der Waals surface area contributed by atoms with Crippen LogP contribution in [0.25, 0.3) is 11.3 Å². The van der Waals surface area contributed by atoms with Gasteiger partial charge in [-0.15, -0.1) is 10.2 Å². The van der Waals surface area contributed by atoms with E-state index in [2.05, 4.69) is 26.1 Å². The van der Waals surface area contributed by atoms with Crippen LogP contribution >= 0.6 is 27.5 Å². The van der Waals surface area contributed by atoms with E-state index in [0.29, 0.717) is 41.4 Å². The van der Waals surface area contributed by atoms with Crippen LogP contribution in [0.5, 0.6) is 5.75 Å². The van der Waals surface area contributed by atoms with Crippen molar-refractivity contribution in [2.75, 3.05) is 38.2 Å². The molecule has 0 spiro atoms. The topological polar surface area (TPSA) is 75.6 Å². The van der Waals surface area contributed by atoms with E-state index in [0.717, 1.165) is 17.1 Å². The third kappa shape index (κ3) is 4.69. The molecule has 1 aliphatic heterocycles. The molecule has 0 amide bonds. The molecule has 7 nitrogen and oxygen atoms in total. The van der Waals surface area contributed by atoms with E-state index in [9.17, 15) is 8.42 Å². The summed E-state index contributed by atoms with van der Waals surface area (Å²) < 4.78 is 33.7. The summed E-state index contributed by atoms with van der Waals surface area (Å²) >= 11 is 9.27. The molecule has 1 saturated heterocycles. The number of rotatable bonds is 5. The third-order valence-electron chi connectivity index (χ3n) is 5.10. The SMILES string of the molecule is COc1ccc(Br)cc1S(=O)(=O)N1CCN(c2ccc(-c3ccc(Cl)cc3)nn2)CC1. The molecule has 1 aromatic heterocycles. The summed E-state index contributed by atoms with van der Waals surface area (Å²) in [4.78, 5) is 2.19. The van der Waals surface area contributed by atoms with Gasteiger partial charge in [-0.3, -0.25) is 0 Å². The van der Waals surface area contributed by atoms with Crippen molar-refractivity contribution in [3.05, 3.63) is 64.1 Å². The zero-order valence-electron chi connectivity index (χ0n) is 16.7. The standard InChI is InChI=1S/C21H20BrClN4O3S/c1-30-19-8-4-16(22)14-20(19)31(28,29)27-12-10-26(11-13-27)21-9-7-18(24-25-21)15-2-5-17(23)6-3-15/h2-9,14H,10-13H2,1H3. The Balaban J connectivity index is 1.46. The van der Waals surface area contributed by atoms with Crippen molar-refractivity contribution in [3.8, 4) is 17.0 Å². The molecular formula is C21H20BrClN4O3S. The molecule has 1 fully saturated rings. The van der Waals surface area contributed by atoms with Crippen LogP contribution in [-0.2, 0) is 10.0 Å². The average Bonchev–Trinajstić information content (AvgIpc) is 2.80. The number of anilines is 1. The molecule has 2 heterocycles. The van der Waals surface area contributed by atoms with Crippen molar-refractivity contribution in [1.82, 2.24) is 14.5 Å². The van der Waals surface area contributed by atoms with Gasteiger partial charge in [-0.2, -0.15) is 4.31 Å². The van der Waals surface area contributed by atoms with E-state index >= 15 is 0 Å². The Labute approximate surface area is 194 Å². The quantitative estimate of drug-likeness (QED) is 0.502. The van der Waals surface area contributed by atoms with Gasteiger partial charge >= 0.3 is 0 Å². The van der Waals surface area contributed by atoms with Gasteiger partial charge in [-0.25, -0.2) is 8.42 Å². The second kappa shape index (κ2) is 9.12. The van der Waals surface area contributed by atoms with E-state index in [4.69, 9.17) is 16.3 Å². The molecule has 0 radical (unpaired) electrons. The molecule has 10 heteroatoms. The highest BCUT2D eigenvalue weighted by Crippen LogP contribution is 2.30. The summed E-state index contributed by atoms with van der Waals surface area (Å²) in [5, 5.41) is 9.32. The molecule has 0 N–H and O–H groups in total. The van der Waals surface area contributed by atoms with Gasteiger partial charge < -0.3 is 9.64 Å². The molecule has 0 saturated carbocycles. The Morgan fingerprint density at radius 2 is 1.68 bits per heavy atom. The molecule has 0 unspecified atom stereocenters. The van der Waals surface area contributed by atoms with Gasteiger partial charge in [0.05, 0.1) is 12.8 Å². The van der Waals surface area contributed by atoms with Crippen LogP contribution in [-0.4, -0.2) is 56.2 Å². The van der Waals surface area contributed by atoms with Gasteiger partial charge in [0.15, 0.2) is 5.82 Å². The largest absolute Gasteiger partial charge is 0.495 e. The number of hydrogen-bond acceptors (Lipinski definition) is 6. The molecule has 3 aromatic rings. The third-order valence-corrected chi connectivity index (χ3v) is 7.76. The van der Waals surface area contributed by atoms with Crippen molar-refractivity contribution in [3.63, 3.8) is 0 Å². The maximum Gasteiger partial charge on any atom is 0.246 e. The summed E-state index contributed by atoms with van der Waals surface area (Å²) in [6.45, 7) is 1.73. The minimum atomic E-state index is -3.67. The van der Waals surface area contributed by atoms with E-state index in [-0.39, 0.29) is 4.90 Å². The molecule has 162 valence electrons. The normalized spacial score (nSPS) is 15.1. The Morgan fingerprint density at radius 1 is 0.968 bits per heavy atom. The summed E-state index contributed by atoms with van der Waals surface area (Å²) in [6.07, 6.45) is 0. The smallest absolute Gasteiger partial charge is 0.246 e. The second-order valence-corrected chi connectivity index (χ2v) is 10.2.